The first-order valence-corrected chi connectivity index (χ1v) is 8.02. The van der Waals surface area contributed by atoms with E-state index >= 15 is 0 Å². The molecule has 1 aromatic carbocycles. The number of amides is 1. The van der Waals surface area contributed by atoms with Crippen LogP contribution in [-0.2, 0) is 17.1 Å². The van der Waals surface area contributed by atoms with Crippen molar-refractivity contribution in [1.82, 2.24) is 20.1 Å². The number of carbonyl (C=O) groups is 1. The Kier molecular flexibility index (Phi) is 5.64. The average molecular weight is 325 g/mol. The summed E-state index contributed by atoms with van der Waals surface area (Å²) in [7, 11) is 1.76. The summed E-state index contributed by atoms with van der Waals surface area (Å²) in [6, 6.07) is 7.67. The van der Waals surface area contributed by atoms with E-state index in [0.29, 0.717) is 18.1 Å². The van der Waals surface area contributed by atoms with E-state index in [9.17, 15) is 4.79 Å². The van der Waals surface area contributed by atoms with E-state index in [1.54, 1.807) is 23.7 Å². The van der Waals surface area contributed by atoms with Crippen molar-refractivity contribution in [2.24, 2.45) is 0 Å². The van der Waals surface area contributed by atoms with Gasteiger partial charge in [0, 0.05) is 17.8 Å². The van der Waals surface area contributed by atoms with E-state index in [-0.39, 0.29) is 5.91 Å². The van der Waals surface area contributed by atoms with E-state index < -0.39 is 0 Å². The van der Waals surface area contributed by atoms with E-state index in [0.717, 1.165) is 22.2 Å². The molecule has 0 saturated carbocycles. The molecule has 0 aliphatic heterocycles. The number of hydrogen-bond donors (Lipinski definition) is 1. The summed E-state index contributed by atoms with van der Waals surface area (Å²) in [6.07, 6.45) is 0. The number of halogens is 1. The van der Waals surface area contributed by atoms with Crippen molar-refractivity contribution in [3.63, 3.8) is 0 Å². The first-order chi connectivity index (χ1) is 10.0. The molecule has 0 atom stereocenters. The number of rotatable bonds is 6. The Labute approximate surface area is 133 Å². The Morgan fingerprint density at radius 2 is 2.29 bits per heavy atom. The zero-order valence-corrected chi connectivity index (χ0v) is 13.5. The van der Waals surface area contributed by atoms with Crippen LogP contribution in [0.3, 0.4) is 0 Å². The minimum Gasteiger partial charge on any atom is -0.337 e. The number of H-pyrrole nitrogens is 1. The molecule has 0 saturated heterocycles. The minimum atomic E-state index is 0.0597. The second kappa shape index (κ2) is 7.47. The third-order valence-corrected chi connectivity index (χ3v) is 4.05. The SMILES string of the molecule is Cc1nc(CN(C)C(=O)CSCc2cccc(Cl)c2)n[nH]1. The van der Waals surface area contributed by atoms with Crippen molar-refractivity contribution in [2.45, 2.75) is 19.2 Å². The molecule has 0 aliphatic carbocycles. The molecule has 1 N–H and O–H groups in total. The van der Waals surface area contributed by atoms with Crippen LogP contribution in [0.2, 0.25) is 5.02 Å². The highest BCUT2D eigenvalue weighted by atomic mass is 35.5. The van der Waals surface area contributed by atoms with Gasteiger partial charge in [-0.3, -0.25) is 9.89 Å². The van der Waals surface area contributed by atoms with Crippen LogP contribution in [0, 0.1) is 6.92 Å². The number of aromatic amines is 1. The molecule has 0 radical (unpaired) electrons. The lowest BCUT2D eigenvalue weighted by Crippen LogP contribution is -2.28. The maximum Gasteiger partial charge on any atom is 0.232 e. The summed E-state index contributed by atoms with van der Waals surface area (Å²) in [6.45, 7) is 2.25. The first-order valence-electron chi connectivity index (χ1n) is 6.48. The summed E-state index contributed by atoms with van der Waals surface area (Å²) in [5.74, 6) is 2.63. The molecule has 5 nitrogen and oxygen atoms in total. The van der Waals surface area contributed by atoms with Gasteiger partial charge in [0.25, 0.3) is 0 Å². The Hall–Kier alpha value is -1.53. The molecule has 7 heteroatoms. The van der Waals surface area contributed by atoms with Crippen molar-refractivity contribution >= 4 is 29.3 Å². The first kappa shape index (κ1) is 15.9. The van der Waals surface area contributed by atoms with Gasteiger partial charge in [0.15, 0.2) is 5.82 Å². The number of benzene rings is 1. The maximum atomic E-state index is 12.0. The number of nitrogens with one attached hydrogen (secondary N) is 1. The van der Waals surface area contributed by atoms with Crippen LogP contribution < -0.4 is 0 Å². The van der Waals surface area contributed by atoms with Gasteiger partial charge in [0.1, 0.15) is 5.82 Å². The second-order valence-electron chi connectivity index (χ2n) is 4.71. The molecule has 0 spiro atoms. The smallest absolute Gasteiger partial charge is 0.232 e. The number of nitrogens with zero attached hydrogens (tertiary/aromatic N) is 3. The Balaban J connectivity index is 1.76. The normalized spacial score (nSPS) is 10.6. The molecule has 0 bridgehead atoms. The molecule has 0 unspecified atom stereocenters. The van der Waals surface area contributed by atoms with Crippen molar-refractivity contribution in [1.29, 1.82) is 0 Å². The topological polar surface area (TPSA) is 61.9 Å². The van der Waals surface area contributed by atoms with Crippen LogP contribution in [0.25, 0.3) is 0 Å². The van der Waals surface area contributed by atoms with Crippen LogP contribution >= 0.6 is 23.4 Å². The lowest BCUT2D eigenvalue weighted by Gasteiger charge is -2.14. The van der Waals surface area contributed by atoms with Crippen LogP contribution in [0.1, 0.15) is 17.2 Å². The zero-order chi connectivity index (χ0) is 15.2. The monoisotopic (exact) mass is 324 g/mol. The molecule has 0 aliphatic rings. The average Bonchev–Trinajstić information content (AvgIpc) is 2.84. The van der Waals surface area contributed by atoms with E-state index in [1.807, 2.05) is 31.2 Å². The lowest BCUT2D eigenvalue weighted by atomic mass is 10.2. The van der Waals surface area contributed by atoms with Gasteiger partial charge in [-0.1, -0.05) is 23.7 Å². The molecule has 0 fully saturated rings. The van der Waals surface area contributed by atoms with E-state index in [1.165, 1.54) is 0 Å². The molecule has 1 aromatic heterocycles. The quantitative estimate of drug-likeness (QED) is 0.887. The summed E-state index contributed by atoms with van der Waals surface area (Å²) >= 11 is 7.50. The van der Waals surface area contributed by atoms with Crippen LogP contribution in [-0.4, -0.2) is 38.8 Å². The minimum absolute atomic E-state index is 0.0597. The Morgan fingerprint density at radius 3 is 2.95 bits per heavy atom. The lowest BCUT2D eigenvalue weighted by molar-refractivity contribution is -0.127. The molecule has 2 aromatic rings. The molecule has 2 rings (SSSR count). The number of aryl methyl sites for hydroxylation is 1. The fourth-order valence-electron chi connectivity index (χ4n) is 1.75. The number of aromatic nitrogens is 3. The molecule has 21 heavy (non-hydrogen) atoms. The van der Waals surface area contributed by atoms with Gasteiger partial charge >= 0.3 is 0 Å². The van der Waals surface area contributed by atoms with Gasteiger partial charge in [-0.25, -0.2) is 4.98 Å². The van der Waals surface area contributed by atoms with Crippen molar-refractivity contribution in [3.8, 4) is 0 Å². The molecule has 112 valence electrons. The van der Waals surface area contributed by atoms with E-state index in [2.05, 4.69) is 15.2 Å². The third kappa shape index (κ3) is 5.06. The summed E-state index contributed by atoms with van der Waals surface area (Å²) in [5.41, 5.74) is 1.12. The standard InChI is InChI=1S/C14H17ClN4OS/c1-10-16-13(18-17-10)7-19(2)14(20)9-21-8-11-4-3-5-12(15)6-11/h3-6H,7-9H2,1-2H3,(H,16,17,18). The maximum absolute atomic E-state index is 12.0. The van der Waals surface area contributed by atoms with Crippen molar-refractivity contribution < 1.29 is 4.79 Å². The van der Waals surface area contributed by atoms with Crippen LogP contribution in [0.15, 0.2) is 24.3 Å². The Bertz CT molecular complexity index is 617. The summed E-state index contributed by atoms with van der Waals surface area (Å²) in [4.78, 5) is 17.8. The predicted molar refractivity (Wildman–Crippen MR) is 85.2 cm³/mol. The number of hydrogen-bond acceptors (Lipinski definition) is 4. The highest BCUT2D eigenvalue weighted by molar-refractivity contribution is 7.99. The Morgan fingerprint density at radius 1 is 1.48 bits per heavy atom. The molecule has 1 amide bonds. The van der Waals surface area contributed by atoms with Gasteiger partial charge in [-0.2, -0.15) is 5.10 Å². The highest BCUT2D eigenvalue weighted by Gasteiger charge is 2.11. The van der Waals surface area contributed by atoms with E-state index in [4.69, 9.17) is 11.6 Å². The van der Waals surface area contributed by atoms with Crippen LogP contribution in [0.4, 0.5) is 0 Å². The van der Waals surface area contributed by atoms with Crippen molar-refractivity contribution in [3.05, 3.63) is 46.5 Å². The fraction of sp³-hybridized carbons (Fsp3) is 0.357. The molecule has 1 heterocycles. The van der Waals surface area contributed by atoms with Gasteiger partial charge < -0.3 is 4.90 Å². The number of thioether (sulfide) groups is 1. The second-order valence-corrected chi connectivity index (χ2v) is 6.13. The van der Waals surface area contributed by atoms with Gasteiger partial charge in [0.05, 0.1) is 12.3 Å². The summed E-state index contributed by atoms with van der Waals surface area (Å²) in [5, 5.41) is 7.51. The van der Waals surface area contributed by atoms with Gasteiger partial charge in [0.2, 0.25) is 5.91 Å². The van der Waals surface area contributed by atoms with Gasteiger partial charge in [-0.15, -0.1) is 11.8 Å². The van der Waals surface area contributed by atoms with Gasteiger partial charge in [-0.05, 0) is 24.6 Å². The third-order valence-electron chi connectivity index (χ3n) is 2.83. The number of carbonyl (C=O) groups excluding carboxylic acids is 1. The van der Waals surface area contributed by atoms with Crippen LogP contribution in [0.5, 0.6) is 0 Å². The largest absolute Gasteiger partial charge is 0.337 e. The van der Waals surface area contributed by atoms with Crippen molar-refractivity contribution in [2.75, 3.05) is 12.8 Å². The fourth-order valence-corrected chi connectivity index (χ4v) is 2.88. The highest BCUT2D eigenvalue weighted by Crippen LogP contribution is 2.17. The summed E-state index contributed by atoms with van der Waals surface area (Å²) < 4.78 is 0. The predicted octanol–water partition coefficient (Wildman–Crippen LogP) is 2.66. The zero-order valence-electron chi connectivity index (χ0n) is 12.0. The molecular formula is C14H17ClN4OS. The molecular weight excluding hydrogens is 308 g/mol.